The molecule has 0 fully saturated rings. The zero-order valence-corrected chi connectivity index (χ0v) is 12.0. The van der Waals surface area contributed by atoms with Crippen molar-refractivity contribution >= 4 is 17.3 Å². The van der Waals surface area contributed by atoms with Crippen LogP contribution in [0.2, 0.25) is 5.02 Å². The number of nitrogens with one attached hydrogen (secondary N) is 1. The molecule has 0 unspecified atom stereocenters. The lowest BCUT2D eigenvalue weighted by molar-refractivity contribution is -0.140. The second-order valence-electron chi connectivity index (χ2n) is 4.40. The summed E-state index contributed by atoms with van der Waals surface area (Å²) in [5.41, 5.74) is -1.67. The number of nitrogens with zero attached hydrogens (tertiary/aromatic N) is 2. The predicted octanol–water partition coefficient (Wildman–Crippen LogP) is 3.14. The Hall–Kier alpha value is -2.09. The van der Waals surface area contributed by atoms with E-state index in [4.69, 9.17) is 11.6 Å². The topological polar surface area (TPSA) is 46.9 Å². The van der Waals surface area contributed by atoms with Gasteiger partial charge < -0.3 is 5.32 Å². The van der Waals surface area contributed by atoms with Crippen molar-refractivity contribution in [3.05, 3.63) is 56.7 Å². The monoisotopic (exact) mass is 335 g/mol. The van der Waals surface area contributed by atoms with Crippen LogP contribution in [0.4, 0.5) is 23.2 Å². The van der Waals surface area contributed by atoms with Gasteiger partial charge in [0.1, 0.15) is 10.8 Å². The maximum atomic E-state index is 13.2. The van der Waals surface area contributed by atoms with Crippen molar-refractivity contribution in [2.45, 2.75) is 12.7 Å². The first kappa shape index (κ1) is 16.3. The van der Waals surface area contributed by atoms with Gasteiger partial charge in [-0.15, -0.1) is 0 Å². The molecule has 0 bridgehead atoms. The highest BCUT2D eigenvalue weighted by Crippen LogP contribution is 2.32. The van der Waals surface area contributed by atoms with Gasteiger partial charge in [-0.3, -0.25) is 4.79 Å². The molecule has 0 aliphatic rings. The highest BCUT2D eigenvalue weighted by Gasteiger charge is 2.34. The SMILES string of the molecule is CNc1cnn(Cc2ccc(F)c(C(F)(F)F)c2)c(=O)c1Cl. The van der Waals surface area contributed by atoms with Crippen molar-refractivity contribution in [3.63, 3.8) is 0 Å². The molecule has 2 aromatic rings. The fraction of sp³-hybridized carbons (Fsp3) is 0.231. The lowest BCUT2D eigenvalue weighted by Crippen LogP contribution is -2.24. The van der Waals surface area contributed by atoms with Gasteiger partial charge in [-0.25, -0.2) is 9.07 Å². The molecule has 22 heavy (non-hydrogen) atoms. The molecular formula is C13H10ClF4N3O. The largest absolute Gasteiger partial charge is 0.419 e. The van der Waals surface area contributed by atoms with Crippen molar-refractivity contribution < 1.29 is 17.6 Å². The predicted molar refractivity (Wildman–Crippen MR) is 73.6 cm³/mol. The molecule has 0 saturated heterocycles. The Bertz CT molecular complexity index is 758. The van der Waals surface area contributed by atoms with Gasteiger partial charge in [0, 0.05) is 7.05 Å². The van der Waals surface area contributed by atoms with Crippen molar-refractivity contribution in [2.75, 3.05) is 12.4 Å². The van der Waals surface area contributed by atoms with Crippen molar-refractivity contribution in [2.24, 2.45) is 0 Å². The quantitative estimate of drug-likeness (QED) is 0.877. The minimum absolute atomic E-state index is 0.0802. The molecule has 118 valence electrons. The minimum atomic E-state index is -4.81. The molecular weight excluding hydrogens is 326 g/mol. The zero-order valence-electron chi connectivity index (χ0n) is 11.2. The lowest BCUT2D eigenvalue weighted by atomic mass is 10.1. The molecule has 1 aromatic heterocycles. The summed E-state index contributed by atoms with van der Waals surface area (Å²) in [4.78, 5) is 11.9. The van der Waals surface area contributed by atoms with E-state index < -0.39 is 23.1 Å². The van der Waals surface area contributed by atoms with Gasteiger partial charge in [0.25, 0.3) is 5.56 Å². The lowest BCUT2D eigenvalue weighted by Gasteiger charge is -2.11. The Morgan fingerprint density at radius 3 is 2.64 bits per heavy atom. The third-order valence-electron chi connectivity index (χ3n) is 2.92. The van der Waals surface area contributed by atoms with E-state index in [1.165, 1.54) is 6.20 Å². The van der Waals surface area contributed by atoms with Gasteiger partial charge in [-0.1, -0.05) is 17.7 Å². The number of hydrogen-bond donors (Lipinski definition) is 1. The molecule has 0 aliphatic carbocycles. The van der Waals surface area contributed by atoms with Crippen LogP contribution in [-0.4, -0.2) is 16.8 Å². The van der Waals surface area contributed by atoms with E-state index in [0.717, 1.165) is 10.7 Å². The summed E-state index contributed by atoms with van der Waals surface area (Å²) in [6.45, 7) is -0.258. The zero-order chi connectivity index (χ0) is 16.5. The number of aromatic nitrogens is 2. The van der Waals surface area contributed by atoms with Crippen molar-refractivity contribution in [3.8, 4) is 0 Å². The normalized spacial score (nSPS) is 11.5. The maximum Gasteiger partial charge on any atom is 0.419 e. The third kappa shape index (κ3) is 3.22. The van der Waals surface area contributed by atoms with E-state index >= 15 is 0 Å². The fourth-order valence-corrected chi connectivity index (χ4v) is 2.05. The van der Waals surface area contributed by atoms with Gasteiger partial charge in [0.15, 0.2) is 0 Å². The Morgan fingerprint density at radius 1 is 1.36 bits per heavy atom. The molecule has 1 heterocycles. The number of halogens is 5. The highest BCUT2D eigenvalue weighted by atomic mass is 35.5. The van der Waals surface area contributed by atoms with Gasteiger partial charge in [-0.2, -0.15) is 18.3 Å². The van der Waals surface area contributed by atoms with Gasteiger partial charge in [-0.05, 0) is 17.7 Å². The maximum absolute atomic E-state index is 13.2. The summed E-state index contributed by atoms with van der Waals surface area (Å²) in [5.74, 6) is -1.37. The van der Waals surface area contributed by atoms with Crippen molar-refractivity contribution in [1.82, 2.24) is 9.78 Å². The Kier molecular flexibility index (Phi) is 4.41. The Balaban J connectivity index is 2.40. The van der Waals surface area contributed by atoms with Crippen LogP contribution >= 0.6 is 11.6 Å². The van der Waals surface area contributed by atoms with Crippen LogP contribution in [0.15, 0.2) is 29.2 Å². The number of rotatable bonds is 3. The smallest absolute Gasteiger partial charge is 0.385 e. The number of alkyl halides is 3. The Morgan fingerprint density at radius 2 is 2.05 bits per heavy atom. The highest BCUT2D eigenvalue weighted by molar-refractivity contribution is 6.32. The summed E-state index contributed by atoms with van der Waals surface area (Å²) in [5, 5.41) is 6.33. The van der Waals surface area contributed by atoms with E-state index in [1.807, 2.05) is 0 Å². The standard InChI is InChI=1S/C13H10ClF4N3O/c1-19-10-5-20-21(12(22)11(10)14)6-7-2-3-9(15)8(4-7)13(16,17)18/h2-5,19H,6H2,1H3. The number of benzene rings is 1. The van der Waals surface area contributed by atoms with E-state index in [2.05, 4.69) is 10.4 Å². The summed E-state index contributed by atoms with van der Waals surface area (Å²) >= 11 is 5.82. The molecule has 1 N–H and O–H groups in total. The average Bonchev–Trinajstić information content (AvgIpc) is 2.45. The molecule has 9 heteroatoms. The van der Waals surface area contributed by atoms with Gasteiger partial charge in [0.05, 0.1) is 24.0 Å². The second kappa shape index (κ2) is 5.96. The van der Waals surface area contributed by atoms with Crippen LogP contribution in [0.1, 0.15) is 11.1 Å². The molecule has 0 spiro atoms. The molecule has 0 amide bonds. The first-order valence-corrected chi connectivity index (χ1v) is 6.41. The molecule has 4 nitrogen and oxygen atoms in total. The van der Waals surface area contributed by atoms with Crippen LogP contribution in [0.25, 0.3) is 0 Å². The van der Waals surface area contributed by atoms with Crippen LogP contribution in [0.3, 0.4) is 0 Å². The molecule has 0 aliphatic heterocycles. The minimum Gasteiger partial charge on any atom is -0.385 e. The molecule has 0 saturated carbocycles. The summed E-state index contributed by atoms with van der Waals surface area (Å²) in [6, 6.07) is 2.49. The third-order valence-corrected chi connectivity index (χ3v) is 3.29. The summed E-state index contributed by atoms with van der Waals surface area (Å²) in [7, 11) is 1.54. The average molecular weight is 336 g/mol. The summed E-state index contributed by atoms with van der Waals surface area (Å²) in [6.07, 6.45) is -3.54. The van der Waals surface area contributed by atoms with E-state index in [-0.39, 0.29) is 17.1 Å². The molecule has 0 radical (unpaired) electrons. The van der Waals surface area contributed by atoms with Crippen LogP contribution in [0.5, 0.6) is 0 Å². The first-order chi connectivity index (χ1) is 10.2. The number of anilines is 1. The van der Waals surface area contributed by atoms with E-state index in [1.54, 1.807) is 7.05 Å². The van der Waals surface area contributed by atoms with Gasteiger partial charge >= 0.3 is 6.18 Å². The van der Waals surface area contributed by atoms with Crippen LogP contribution in [-0.2, 0) is 12.7 Å². The van der Waals surface area contributed by atoms with E-state index in [0.29, 0.717) is 17.8 Å². The van der Waals surface area contributed by atoms with Crippen LogP contribution < -0.4 is 10.9 Å². The fourth-order valence-electron chi connectivity index (χ4n) is 1.81. The Labute approximate surface area is 127 Å². The first-order valence-electron chi connectivity index (χ1n) is 6.03. The number of hydrogen-bond acceptors (Lipinski definition) is 3. The van der Waals surface area contributed by atoms with Crippen LogP contribution in [0, 0.1) is 5.82 Å². The van der Waals surface area contributed by atoms with Crippen molar-refractivity contribution in [1.29, 1.82) is 0 Å². The van der Waals surface area contributed by atoms with E-state index in [9.17, 15) is 22.4 Å². The molecule has 2 rings (SSSR count). The summed E-state index contributed by atoms with van der Waals surface area (Å²) < 4.78 is 52.1. The van der Waals surface area contributed by atoms with Gasteiger partial charge in [0.2, 0.25) is 0 Å². The molecule has 0 atom stereocenters. The second-order valence-corrected chi connectivity index (χ2v) is 4.77. The molecule has 1 aromatic carbocycles.